The highest BCUT2D eigenvalue weighted by molar-refractivity contribution is 7.13. The quantitative estimate of drug-likeness (QED) is 0.867. The summed E-state index contributed by atoms with van der Waals surface area (Å²) in [5.74, 6) is -1.51. The van der Waals surface area contributed by atoms with Gasteiger partial charge in [-0.25, -0.2) is 9.78 Å². The molecule has 0 saturated carbocycles. The first kappa shape index (κ1) is 13.9. The van der Waals surface area contributed by atoms with Crippen LogP contribution in [0.3, 0.4) is 0 Å². The number of carbonyl (C=O) groups is 2. The van der Waals surface area contributed by atoms with Gasteiger partial charge in [0.1, 0.15) is 5.56 Å². The molecule has 0 aliphatic carbocycles. The third kappa shape index (κ3) is 3.51. The minimum Gasteiger partial charge on any atom is -0.481 e. The molecule has 2 rings (SSSR count). The molecule has 0 aliphatic heterocycles. The highest BCUT2D eigenvalue weighted by Crippen LogP contribution is 2.17. The van der Waals surface area contributed by atoms with Gasteiger partial charge in [0.2, 0.25) is 0 Å². The molecule has 7 nitrogen and oxygen atoms in total. The fourth-order valence-corrected chi connectivity index (χ4v) is 2.09. The molecule has 0 radical (unpaired) electrons. The molecule has 0 saturated heterocycles. The molecule has 2 aromatic rings. The van der Waals surface area contributed by atoms with Gasteiger partial charge in [-0.3, -0.25) is 15.1 Å². The monoisotopic (exact) mass is 293 g/mol. The normalized spacial score (nSPS) is 10.1. The first-order valence-corrected chi connectivity index (χ1v) is 6.46. The van der Waals surface area contributed by atoms with Crippen LogP contribution in [-0.4, -0.2) is 33.6 Å². The van der Waals surface area contributed by atoms with Gasteiger partial charge in [-0.1, -0.05) is 0 Å². The molecular formula is C12H11N3O4S. The summed E-state index contributed by atoms with van der Waals surface area (Å²) < 4.78 is 5.16. The van der Waals surface area contributed by atoms with Gasteiger partial charge >= 0.3 is 5.97 Å². The second-order valence-electron chi connectivity index (χ2n) is 3.81. The van der Waals surface area contributed by atoms with Gasteiger partial charge in [-0.05, 0) is 13.0 Å². The van der Waals surface area contributed by atoms with Crippen molar-refractivity contribution in [1.29, 1.82) is 0 Å². The van der Waals surface area contributed by atoms with Crippen LogP contribution in [0.25, 0.3) is 0 Å². The number of ether oxygens (including phenoxy) is 1. The zero-order valence-corrected chi connectivity index (χ0v) is 11.3. The predicted molar refractivity (Wildman–Crippen MR) is 72.2 cm³/mol. The Labute approximate surface area is 118 Å². The Morgan fingerprint density at radius 2 is 2.30 bits per heavy atom. The number of anilines is 1. The summed E-state index contributed by atoms with van der Waals surface area (Å²) in [5.41, 5.74) is 0.768. The molecular weight excluding hydrogens is 282 g/mol. The SMILES string of the molecule is Cc1csc(NC(=O)COc2cnccc2C(=O)O)n1. The van der Waals surface area contributed by atoms with Gasteiger partial charge in [0.15, 0.2) is 17.5 Å². The van der Waals surface area contributed by atoms with E-state index in [0.717, 1.165) is 5.69 Å². The molecule has 2 aromatic heterocycles. The third-order valence-corrected chi connectivity index (χ3v) is 3.11. The Kier molecular flexibility index (Phi) is 4.26. The van der Waals surface area contributed by atoms with E-state index in [9.17, 15) is 9.59 Å². The standard InChI is InChI=1S/C12H11N3O4S/c1-7-6-20-12(14-7)15-10(16)5-19-9-4-13-3-2-8(9)11(17)18/h2-4,6H,5H2,1H3,(H,17,18)(H,14,15,16). The fraction of sp³-hybridized carbons (Fsp3) is 0.167. The van der Waals surface area contributed by atoms with Crippen LogP contribution in [0, 0.1) is 6.92 Å². The average Bonchev–Trinajstić information content (AvgIpc) is 2.82. The molecule has 0 unspecified atom stereocenters. The van der Waals surface area contributed by atoms with Crippen molar-refractivity contribution in [3.05, 3.63) is 35.1 Å². The topological polar surface area (TPSA) is 101 Å². The van der Waals surface area contributed by atoms with Crippen molar-refractivity contribution in [2.45, 2.75) is 6.92 Å². The molecule has 8 heteroatoms. The Morgan fingerprint density at radius 3 is 2.95 bits per heavy atom. The molecule has 0 atom stereocenters. The number of nitrogens with zero attached hydrogens (tertiary/aromatic N) is 2. The minimum absolute atomic E-state index is 0.0436. The molecule has 2 N–H and O–H groups in total. The lowest BCUT2D eigenvalue weighted by Gasteiger charge is -2.07. The van der Waals surface area contributed by atoms with Crippen LogP contribution in [0.4, 0.5) is 5.13 Å². The molecule has 0 aliphatic rings. The lowest BCUT2D eigenvalue weighted by atomic mass is 10.2. The number of rotatable bonds is 5. The molecule has 0 bridgehead atoms. The van der Waals surface area contributed by atoms with Crippen LogP contribution in [0.5, 0.6) is 5.75 Å². The maximum Gasteiger partial charge on any atom is 0.339 e. The first-order chi connectivity index (χ1) is 9.56. The zero-order chi connectivity index (χ0) is 14.5. The van der Waals surface area contributed by atoms with E-state index in [2.05, 4.69) is 15.3 Å². The van der Waals surface area contributed by atoms with Gasteiger partial charge in [0, 0.05) is 11.6 Å². The van der Waals surface area contributed by atoms with Crippen molar-refractivity contribution in [2.75, 3.05) is 11.9 Å². The second-order valence-corrected chi connectivity index (χ2v) is 4.67. The summed E-state index contributed by atoms with van der Waals surface area (Å²) in [7, 11) is 0. The Hall–Kier alpha value is -2.48. The summed E-state index contributed by atoms with van der Waals surface area (Å²) in [6.45, 7) is 1.50. The number of pyridine rings is 1. The number of aryl methyl sites for hydroxylation is 1. The summed E-state index contributed by atoms with van der Waals surface area (Å²) in [6, 6.07) is 1.31. The van der Waals surface area contributed by atoms with Crippen molar-refractivity contribution in [3.63, 3.8) is 0 Å². The van der Waals surface area contributed by atoms with E-state index in [1.54, 1.807) is 5.38 Å². The van der Waals surface area contributed by atoms with E-state index in [1.165, 1.54) is 29.8 Å². The summed E-state index contributed by atoms with van der Waals surface area (Å²) in [5, 5.41) is 13.8. The fourth-order valence-electron chi connectivity index (χ4n) is 1.38. The number of hydrogen-bond acceptors (Lipinski definition) is 6. The van der Waals surface area contributed by atoms with Crippen LogP contribution < -0.4 is 10.1 Å². The van der Waals surface area contributed by atoms with Gasteiger partial charge < -0.3 is 9.84 Å². The van der Waals surface area contributed by atoms with Crippen LogP contribution in [0.15, 0.2) is 23.8 Å². The van der Waals surface area contributed by atoms with Crippen molar-refractivity contribution < 1.29 is 19.4 Å². The van der Waals surface area contributed by atoms with Crippen molar-refractivity contribution >= 4 is 28.3 Å². The maximum atomic E-state index is 11.6. The number of carboxylic acid groups (broad SMARTS) is 1. The van der Waals surface area contributed by atoms with Crippen LogP contribution in [0.1, 0.15) is 16.1 Å². The largest absolute Gasteiger partial charge is 0.481 e. The summed E-state index contributed by atoms with van der Waals surface area (Å²) in [4.78, 5) is 30.4. The van der Waals surface area contributed by atoms with Gasteiger partial charge in [-0.2, -0.15) is 0 Å². The molecule has 104 valence electrons. The molecule has 2 heterocycles. The molecule has 0 fully saturated rings. The van der Waals surface area contributed by atoms with E-state index in [4.69, 9.17) is 9.84 Å². The first-order valence-electron chi connectivity index (χ1n) is 5.58. The maximum absolute atomic E-state index is 11.6. The van der Waals surface area contributed by atoms with Crippen LogP contribution in [-0.2, 0) is 4.79 Å². The number of carbonyl (C=O) groups excluding carboxylic acids is 1. The van der Waals surface area contributed by atoms with Crippen LogP contribution in [0.2, 0.25) is 0 Å². The number of amides is 1. The number of aromatic carboxylic acids is 1. The van der Waals surface area contributed by atoms with Gasteiger partial charge in [0.05, 0.1) is 11.9 Å². The van der Waals surface area contributed by atoms with Gasteiger partial charge in [-0.15, -0.1) is 11.3 Å². The van der Waals surface area contributed by atoms with E-state index in [1.807, 2.05) is 6.92 Å². The Balaban J connectivity index is 1.95. The lowest BCUT2D eigenvalue weighted by molar-refractivity contribution is -0.118. The number of aromatic nitrogens is 2. The van der Waals surface area contributed by atoms with Crippen molar-refractivity contribution in [3.8, 4) is 5.75 Å². The number of thiazole rings is 1. The second kappa shape index (κ2) is 6.11. The molecule has 0 spiro atoms. The minimum atomic E-state index is -1.14. The summed E-state index contributed by atoms with van der Waals surface area (Å²) >= 11 is 1.30. The van der Waals surface area contributed by atoms with E-state index >= 15 is 0 Å². The lowest BCUT2D eigenvalue weighted by Crippen LogP contribution is -2.20. The smallest absolute Gasteiger partial charge is 0.339 e. The number of hydrogen-bond donors (Lipinski definition) is 2. The number of carboxylic acids is 1. The Morgan fingerprint density at radius 1 is 1.50 bits per heavy atom. The third-order valence-electron chi connectivity index (χ3n) is 2.24. The van der Waals surface area contributed by atoms with E-state index in [0.29, 0.717) is 5.13 Å². The van der Waals surface area contributed by atoms with Crippen LogP contribution >= 0.6 is 11.3 Å². The predicted octanol–water partition coefficient (Wildman–Crippen LogP) is 1.56. The molecule has 1 amide bonds. The highest BCUT2D eigenvalue weighted by atomic mass is 32.1. The number of nitrogens with one attached hydrogen (secondary N) is 1. The van der Waals surface area contributed by atoms with Gasteiger partial charge in [0.25, 0.3) is 5.91 Å². The Bertz CT molecular complexity index is 641. The molecule has 20 heavy (non-hydrogen) atoms. The van der Waals surface area contributed by atoms with E-state index < -0.39 is 11.9 Å². The highest BCUT2D eigenvalue weighted by Gasteiger charge is 2.13. The zero-order valence-electron chi connectivity index (χ0n) is 10.5. The van der Waals surface area contributed by atoms with E-state index in [-0.39, 0.29) is 17.9 Å². The van der Waals surface area contributed by atoms with Crippen molar-refractivity contribution in [1.82, 2.24) is 9.97 Å². The van der Waals surface area contributed by atoms with Crippen molar-refractivity contribution in [2.24, 2.45) is 0 Å². The average molecular weight is 293 g/mol. The molecule has 0 aromatic carbocycles. The summed E-state index contributed by atoms with van der Waals surface area (Å²) in [6.07, 6.45) is 2.60.